The van der Waals surface area contributed by atoms with Crippen molar-refractivity contribution in [2.45, 2.75) is 26.4 Å². The van der Waals surface area contributed by atoms with Crippen molar-refractivity contribution < 1.29 is 4.79 Å². The third kappa shape index (κ3) is 4.06. The van der Waals surface area contributed by atoms with Crippen LogP contribution in [-0.4, -0.2) is 65.9 Å². The van der Waals surface area contributed by atoms with Crippen molar-refractivity contribution in [2.24, 2.45) is 5.92 Å². The molecule has 2 fully saturated rings. The standard InChI is InChI=1S/C18H26ClN3O/c1-14-11-20(12-16-4-3-5-17(19)10-16)13-18(14)22-8-6-21(7-9-22)15(2)23/h3-5,10,14,18H,6-9,11-13H2,1-2H3/t14-,18-/m0/s1. The van der Waals surface area contributed by atoms with E-state index in [1.165, 1.54) is 5.56 Å². The van der Waals surface area contributed by atoms with Crippen LogP contribution in [0.3, 0.4) is 0 Å². The molecule has 1 aromatic rings. The molecule has 23 heavy (non-hydrogen) atoms. The fourth-order valence-electron chi connectivity index (χ4n) is 3.91. The molecule has 0 unspecified atom stereocenters. The molecule has 2 atom stereocenters. The van der Waals surface area contributed by atoms with E-state index in [1.54, 1.807) is 6.92 Å². The average molecular weight is 336 g/mol. The number of halogens is 1. The fraction of sp³-hybridized carbons (Fsp3) is 0.611. The number of benzene rings is 1. The van der Waals surface area contributed by atoms with Gasteiger partial charge in [0, 0.05) is 63.8 Å². The van der Waals surface area contributed by atoms with Crippen LogP contribution in [0.2, 0.25) is 5.02 Å². The third-order valence-corrected chi connectivity index (χ3v) is 5.41. The van der Waals surface area contributed by atoms with Crippen LogP contribution in [-0.2, 0) is 11.3 Å². The van der Waals surface area contributed by atoms with Gasteiger partial charge in [-0.1, -0.05) is 30.7 Å². The predicted molar refractivity (Wildman–Crippen MR) is 93.5 cm³/mol. The first-order chi connectivity index (χ1) is 11.0. The topological polar surface area (TPSA) is 26.8 Å². The first-order valence-corrected chi connectivity index (χ1v) is 8.87. The highest BCUT2D eigenvalue weighted by atomic mass is 35.5. The van der Waals surface area contributed by atoms with Gasteiger partial charge in [0.2, 0.25) is 5.91 Å². The minimum Gasteiger partial charge on any atom is -0.340 e. The van der Waals surface area contributed by atoms with Gasteiger partial charge in [-0.05, 0) is 23.6 Å². The largest absolute Gasteiger partial charge is 0.340 e. The van der Waals surface area contributed by atoms with E-state index in [4.69, 9.17) is 11.6 Å². The SMILES string of the molecule is CC(=O)N1CCN([C@H]2CN(Cc3cccc(Cl)c3)C[C@@H]2C)CC1. The fourth-order valence-corrected chi connectivity index (χ4v) is 4.13. The number of hydrogen-bond acceptors (Lipinski definition) is 3. The predicted octanol–water partition coefficient (Wildman–Crippen LogP) is 2.32. The highest BCUT2D eigenvalue weighted by Crippen LogP contribution is 2.25. The molecule has 2 saturated heterocycles. The van der Waals surface area contributed by atoms with Crippen LogP contribution in [0.25, 0.3) is 0 Å². The molecule has 2 aliphatic heterocycles. The molecule has 0 radical (unpaired) electrons. The molecule has 3 rings (SSSR count). The van der Waals surface area contributed by atoms with Crippen molar-refractivity contribution >= 4 is 17.5 Å². The molecule has 0 saturated carbocycles. The minimum absolute atomic E-state index is 0.201. The quantitative estimate of drug-likeness (QED) is 0.848. The Balaban J connectivity index is 1.55. The first-order valence-electron chi connectivity index (χ1n) is 8.49. The molecule has 0 spiro atoms. The zero-order chi connectivity index (χ0) is 16.4. The van der Waals surface area contributed by atoms with Crippen molar-refractivity contribution in [3.63, 3.8) is 0 Å². The van der Waals surface area contributed by atoms with Crippen LogP contribution >= 0.6 is 11.6 Å². The van der Waals surface area contributed by atoms with E-state index in [0.717, 1.165) is 50.8 Å². The number of piperazine rings is 1. The lowest BCUT2D eigenvalue weighted by Gasteiger charge is -2.39. The zero-order valence-electron chi connectivity index (χ0n) is 14.0. The Hall–Kier alpha value is -1.10. The lowest BCUT2D eigenvalue weighted by Crippen LogP contribution is -2.53. The van der Waals surface area contributed by atoms with Gasteiger partial charge in [0.25, 0.3) is 0 Å². The van der Waals surface area contributed by atoms with Crippen molar-refractivity contribution in [3.8, 4) is 0 Å². The average Bonchev–Trinajstić information content (AvgIpc) is 2.88. The van der Waals surface area contributed by atoms with E-state index in [2.05, 4.69) is 28.9 Å². The summed E-state index contributed by atoms with van der Waals surface area (Å²) in [7, 11) is 0. The Morgan fingerprint density at radius 1 is 1.22 bits per heavy atom. The molecule has 0 bridgehead atoms. The molecule has 0 aliphatic carbocycles. The summed E-state index contributed by atoms with van der Waals surface area (Å²) >= 11 is 6.09. The summed E-state index contributed by atoms with van der Waals surface area (Å²) in [5.74, 6) is 0.866. The molecule has 0 aromatic heterocycles. The van der Waals surface area contributed by atoms with Crippen molar-refractivity contribution in [1.29, 1.82) is 0 Å². The van der Waals surface area contributed by atoms with Crippen molar-refractivity contribution in [2.75, 3.05) is 39.3 Å². The Kier molecular flexibility index (Phi) is 5.24. The first kappa shape index (κ1) is 16.7. The lowest BCUT2D eigenvalue weighted by atomic mass is 10.0. The molecule has 5 heteroatoms. The van der Waals surface area contributed by atoms with Crippen LogP contribution in [0.1, 0.15) is 19.4 Å². The molecule has 1 aromatic carbocycles. The molecule has 2 aliphatic rings. The van der Waals surface area contributed by atoms with Gasteiger partial charge in [0.05, 0.1) is 0 Å². The van der Waals surface area contributed by atoms with Gasteiger partial charge in [0.15, 0.2) is 0 Å². The maximum Gasteiger partial charge on any atom is 0.219 e. The molecular formula is C18H26ClN3O. The molecule has 126 valence electrons. The second-order valence-corrected chi connectivity index (χ2v) is 7.35. The summed E-state index contributed by atoms with van der Waals surface area (Å²) in [6.45, 7) is 11.0. The van der Waals surface area contributed by atoms with Crippen LogP contribution in [0.5, 0.6) is 0 Å². The van der Waals surface area contributed by atoms with Gasteiger partial charge in [-0.15, -0.1) is 0 Å². The molecule has 1 amide bonds. The van der Waals surface area contributed by atoms with Gasteiger partial charge in [-0.2, -0.15) is 0 Å². The Labute approximate surface area is 144 Å². The maximum atomic E-state index is 11.5. The van der Waals surface area contributed by atoms with E-state index < -0.39 is 0 Å². The number of nitrogens with zero attached hydrogens (tertiary/aromatic N) is 3. The highest BCUT2D eigenvalue weighted by molar-refractivity contribution is 6.30. The van der Waals surface area contributed by atoms with Crippen LogP contribution < -0.4 is 0 Å². The summed E-state index contributed by atoms with van der Waals surface area (Å²) < 4.78 is 0. The normalized spacial score (nSPS) is 26.7. The zero-order valence-corrected chi connectivity index (χ0v) is 14.8. The smallest absolute Gasteiger partial charge is 0.219 e. The van der Waals surface area contributed by atoms with Crippen LogP contribution in [0.4, 0.5) is 0 Å². The van der Waals surface area contributed by atoms with Gasteiger partial charge in [0.1, 0.15) is 0 Å². The van der Waals surface area contributed by atoms with E-state index in [-0.39, 0.29) is 5.91 Å². The highest BCUT2D eigenvalue weighted by Gasteiger charge is 2.35. The maximum absolute atomic E-state index is 11.5. The molecular weight excluding hydrogens is 310 g/mol. The summed E-state index contributed by atoms with van der Waals surface area (Å²) in [5.41, 5.74) is 1.28. The summed E-state index contributed by atoms with van der Waals surface area (Å²) in [4.78, 5) is 18.5. The molecule has 4 nitrogen and oxygen atoms in total. The van der Waals surface area contributed by atoms with E-state index in [0.29, 0.717) is 12.0 Å². The summed E-state index contributed by atoms with van der Waals surface area (Å²) in [6.07, 6.45) is 0. The second kappa shape index (κ2) is 7.20. The number of carbonyl (C=O) groups is 1. The van der Waals surface area contributed by atoms with Gasteiger partial charge >= 0.3 is 0 Å². The summed E-state index contributed by atoms with van der Waals surface area (Å²) in [5, 5.41) is 0.812. The summed E-state index contributed by atoms with van der Waals surface area (Å²) in [6, 6.07) is 8.76. The van der Waals surface area contributed by atoms with Gasteiger partial charge in [-0.3, -0.25) is 14.6 Å². The molecule has 0 N–H and O–H groups in total. The number of carbonyl (C=O) groups excluding carboxylic acids is 1. The van der Waals surface area contributed by atoms with Crippen molar-refractivity contribution in [1.82, 2.24) is 14.7 Å². The van der Waals surface area contributed by atoms with E-state index >= 15 is 0 Å². The monoisotopic (exact) mass is 335 g/mol. The van der Waals surface area contributed by atoms with Crippen LogP contribution in [0, 0.1) is 5.92 Å². The Morgan fingerprint density at radius 2 is 1.96 bits per heavy atom. The number of likely N-dealkylation sites (tertiary alicyclic amines) is 1. The minimum atomic E-state index is 0.201. The molecule has 2 heterocycles. The Bertz CT molecular complexity index is 557. The van der Waals surface area contributed by atoms with Gasteiger partial charge in [-0.25, -0.2) is 0 Å². The van der Waals surface area contributed by atoms with E-state index in [1.807, 2.05) is 17.0 Å². The van der Waals surface area contributed by atoms with Crippen LogP contribution in [0.15, 0.2) is 24.3 Å². The Morgan fingerprint density at radius 3 is 2.61 bits per heavy atom. The third-order valence-electron chi connectivity index (χ3n) is 5.17. The second-order valence-electron chi connectivity index (χ2n) is 6.91. The van der Waals surface area contributed by atoms with E-state index in [9.17, 15) is 4.79 Å². The lowest BCUT2D eigenvalue weighted by molar-refractivity contribution is -0.130. The number of rotatable bonds is 3. The van der Waals surface area contributed by atoms with Crippen molar-refractivity contribution in [3.05, 3.63) is 34.9 Å². The van der Waals surface area contributed by atoms with Gasteiger partial charge < -0.3 is 4.90 Å². The number of amides is 1. The number of hydrogen-bond donors (Lipinski definition) is 0.